The van der Waals surface area contributed by atoms with Gasteiger partial charge in [-0.25, -0.2) is 4.79 Å². The Morgan fingerprint density at radius 3 is 2.40 bits per heavy atom. The topological polar surface area (TPSA) is 75.0 Å². The van der Waals surface area contributed by atoms with E-state index in [4.69, 9.17) is 25.5 Å². The van der Waals surface area contributed by atoms with Crippen molar-refractivity contribution in [3.8, 4) is 17.2 Å². The van der Waals surface area contributed by atoms with Crippen LogP contribution in [0.5, 0.6) is 17.2 Å². The number of esters is 1. The van der Waals surface area contributed by atoms with E-state index in [0.717, 1.165) is 0 Å². The average Bonchev–Trinajstić information content (AvgIpc) is 2.84. The van der Waals surface area contributed by atoms with Crippen LogP contribution in [0.4, 0.5) is 13.2 Å². The number of methoxy groups -OCH3 is 1. The zero-order valence-corrected chi connectivity index (χ0v) is 18.8. The lowest BCUT2D eigenvalue weighted by Gasteiger charge is -2.14. The molecule has 35 heavy (non-hydrogen) atoms. The van der Waals surface area contributed by atoms with Crippen LogP contribution in [0.1, 0.15) is 21.7 Å². The van der Waals surface area contributed by atoms with Gasteiger partial charge in [0.2, 0.25) is 11.2 Å². The molecule has 0 saturated heterocycles. The summed E-state index contributed by atoms with van der Waals surface area (Å²) in [5.74, 6) is -3.04. The average molecular weight is 505 g/mol. The minimum Gasteiger partial charge on any atom is -0.489 e. The van der Waals surface area contributed by atoms with Gasteiger partial charge in [-0.05, 0) is 42.0 Å². The summed E-state index contributed by atoms with van der Waals surface area (Å²) in [5, 5.41) is -0.0988. The second-order valence-corrected chi connectivity index (χ2v) is 7.66. The molecule has 4 aromatic rings. The van der Waals surface area contributed by atoms with Gasteiger partial charge in [0.05, 0.1) is 23.1 Å². The van der Waals surface area contributed by atoms with Crippen LogP contribution in [0.2, 0.25) is 5.02 Å². The maximum Gasteiger partial charge on any atom is 0.453 e. The van der Waals surface area contributed by atoms with Gasteiger partial charge in [0.25, 0.3) is 5.76 Å². The minimum absolute atomic E-state index is 0.0310. The number of hydrogen-bond acceptors (Lipinski definition) is 6. The molecule has 180 valence electrons. The van der Waals surface area contributed by atoms with Crippen LogP contribution in [0, 0.1) is 0 Å². The molecule has 0 amide bonds. The molecule has 0 aliphatic rings. The molecule has 3 aromatic carbocycles. The summed E-state index contributed by atoms with van der Waals surface area (Å²) in [7, 11) is 1.27. The number of benzene rings is 3. The Bertz CT molecular complexity index is 1440. The van der Waals surface area contributed by atoms with Gasteiger partial charge in [-0.1, -0.05) is 35.9 Å². The Morgan fingerprint density at radius 2 is 1.74 bits per heavy atom. The maximum atomic E-state index is 13.7. The van der Waals surface area contributed by atoms with Crippen molar-refractivity contribution < 1.29 is 36.6 Å². The molecular weight excluding hydrogens is 489 g/mol. The molecule has 0 N–H and O–H groups in total. The molecule has 0 atom stereocenters. The molecule has 0 saturated carbocycles. The highest BCUT2D eigenvalue weighted by Crippen LogP contribution is 2.39. The second-order valence-electron chi connectivity index (χ2n) is 7.25. The van der Waals surface area contributed by atoms with Crippen molar-refractivity contribution in [1.29, 1.82) is 0 Å². The quantitative estimate of drug-likeness (QED) is 0.275. The number of fused-ring (bicyclic) bond motifs is 1. The van der Waals surface area contributed by atoms with E-state index >= 15 is 0 Å². The van der Waals surface area contributed by atoms with E-state index in [1.807, 2.05) is 0 Å². The highest BCUT2D eigenvalue weighted by molar-refractivity contribution is 6.32. The molecule has 1 heterocycles. The van der Waals surface area contributed by atoms with Crippen LogP contribution in [0.15, 0.2) is 75.9 Å². The van der Waals surface area contributed by atoms with E-state index in [2.05, 4.69) is 4.74 Å². The highest BCUT2D eigenvalue weighted by atomic mass is 35.5. The molecule has 0 fully saturated rings. The van der Waals surface area contributed by atoms with Crippen molar-refractivity contribution in [3.05, 3.63) is 98.9 Å². The van der Waals surface area contributed by atoms with Crippen LogP contribution in [0.25, 0.3) is 11.0 Å². The monoisotopic (exact) mass is 504 g/mol. The Balaban J connectivity index is 1.65. The summed E-state index contributed by atoms with van der Waals surface area (Å²) in [6, 6.07) is 16.1. The van der Waals surface area contributed by atoms with Crippen LogP contribution in [0.3, 0.4) is 0 Å². The molecular formula is C25H16ClF3O6. The lowest BCUT2D eigenvalue weighted by molar-refractivity contribution is -0.154. The number of carbonyl (C=O) groups is 1. The Morgan fingerprint density at radius 1 is 1.03 bits per heavy atom. The third kappa shape index (κ3) is 5.25. The van der Waals surface area contributed by atoms with Gasteiger partial charge in [0, 0.05) is 6.07 Å². The third-order valence-electron chi connectivity index (χ3n) is 4.91. The summed E-state index contributed by atoms with van der Waals surface area (Å²) in [6.07, 6.45) is -5.01. The Kier molecular flexibility index (Phi) is 6.70. The van der Waals surface area contributed by atoms with Gasteiger partial charge < -0.3 is 18.6 Å². The predicted molar refractivity (Wildman–Crippen MR) is 121 cm³/mol. The molecule has 0 radical (unpaired) electrons. The van der Waals surface area contributed by atoms with Gasteiger partial charge in [0.1, 0.15) is 23.7 Å². The van der Waals surface area contributed by atoms with Crippen molar-refractivity contribution >= 4 is 28.5 Å². The van der Waals surface area contributed by atoms with Gasteiger partial charge in [-0.2, -0.15) is 13.2 Å². The first-order valence-corrected chi connectivity index (χ1v) is 10.5. The number of rotatable bonds is 6. The highest BCUT2D eigenvalue weighted by Gasteiger charge is 2.40. The summed E-state index contributed by atoms with van der Waals surface area (Å²) < 4.78 is 61.8. The normalized spacial score (nSPS) is 11.3. The molecule has 0 spiro atoms. The van der Waals surface area contributed by atoms with E-state index in [-0.39, 0.29) is 34.1 Å². The number of para-hydroxylation sites is 1. The summed E-state index contributed by atoms with van der Waals surface area (Å²) in [4.78, 5) is 24.4. The van der Waals surface area contributed by atoms with Crippen LogP contribution < -0.4 is 14.9 Å². The fourth-order valence-corrected chi connectivity index (χ4v) is 3.36. The molecule has 10 heteroatoms. The predicted octanol–water partition coefficient (Wildman–Crippen LogP) is 6.62. The SMILES string of the molecule is COC(=O)c1ccc(COc2ccc3c(=O)c(Oc4ccccc4Cl)c(C(F)(F)F)oc3c2)cc1. The Hall–Kier alpha value is -3.98. The third-order valence-corrected chi connectivity index (χ3v) is 5.22. The van der Waals surface area contributed by atoms with E-state index in [9.17, 15) is 22.8 Å². The van der Waals surface area contributed by atoms with Crippen molar-refractivity contribution in [1.82, 2.24) is 0 Å². The number of carbonyl (C=O) groups excluding carboxylic acids is 1. The zero-order valence-electron chi connectivity index (χ0n) is 18.0. The summed E-state index contributed by atoms with van der Waals surface area (Å²) in [5.41, 5.74) is -0.285. The molecule has 0 unspecified atom stereocenters. The maximum absolute atomic E-state index is 13.7. The number of hydrogen-bond donors (Lipinski definition) is 0. The van der Waals surface area contributed by atoms with Gasteiger partial charge in [0.15, 0.2) is 0 Å². The van der Waals surface area contributed by atoms with Gasteiger partial charge >= 0.3 is 12.1 Å². The molecule has 0 aliphatic carbocycles. The van der Waals surface area contributed by atoms with Crippen molar-refractivity contribution in [2.24, 2.45) is 0 Å². The molecule has 0 aliphatic heterocycles. The smallest absolute Gasteiger partial charge is 0.453 e. The van der Waals surface area contributed by atoms with Gasteiger partial charge in [-0.15, -0.1) is 0 Å². The zero-order chi connectivity index (χ0) is 25.2. The Labute approximate surface area is 201 Å². The molecule has 4 rings (SSSR count). The molecule has 6 nitrogen and oxygen atoms in total. The van der Waals surface area contributed by atoms with Crippen LogP contribution in [-0.2, 0) is 17.5 Å². The van der Waals surface area contributed by atoms with Crippen molar-refractivity contribution in [2.45, 2.75) is 12.8 Å². The molecule has 0 bridgehead atoms. The fourth-order valence-electron chi connectivity index (χ4n) is 3.18. The van der Waals surface area contributed by atoms with Crippen LogP contribution >= 0.6 is 11.6 Å². The summed E-state index contributed by atoms with van der Waals surface area (Å²) in [6.45, 7) is 0.0526. The van der Waals surface area contributed by atoms with Crippen molar-refractivity contribution in [2.75, 3.05) is 7.11 Å². The fraction of sp³-hybridized carbons (Fsp3) is 0.120. The van der Waals surface area contributed by atoms with Gasteiger partial charge in [-0.3, -0.25) is 4.79 Å². The standard InChI is InChI=1S/C25H16ClF3O6/c1-32-24(31)15-8-6-14(7-9-15)13-33-16-10-11-17-20(12-16)35-23(25(27,28)29)22(21(17)30)34-19-5-3-2-4-18(19)26/h2-12H,13H2,1H3. The number of ether oxygens (including phenoxy) is 3. The van der Waals surface area contributed by atoms with E-state index in [1.165, 1.54) is 43.5 Å². The van der Waals surface area contributed by atoms with E-state index in [1.54, 1.807) is 30.3 Å². The number of alkyl halides is 3. The van der Waals surface area contributed by atoms with Crippen molar-refractivity contribution in [3.63, 3.8) is 0 Å². The van der Waals surface area contributed by atoms with Crippen LogP contribution in [-0.4, -0.2) is 13.1 Å². The number of halogens is 4. The first-order chi connectivity index (χ1) is 16.7. The lowest BCUT2D eigenvalue weighted by Crippen LogP contribution is -2.15. The minimum atomic E-state index is -5.01. The first-order valence-electron chi connectivity index (χ1n) is 10.1. The first kappa shape index (κ1) is 24.2. The van der Waals surface area contributed by atoms with E-state index < -0.39 is 29.1 Å². The van der Waals surface area contributed by atoms with E-state index in [0.29, 0.717) is 11.1 Å². The molecule has 1 aromatic heterocycles. The second kappa shape index (κ2) is 9.71. The lowest BCUT2D eigenvalue weighted by atomic mass is 10.1. The largest absolute Gasteiger partial charge is 0.489 e. The summed E-state index contributed by atoms with van der Waals surface area (Å²) >= 11 is 5.97.